The van der Waals surface area contributed by atoms with Crippen molar-refractivity contribution in [2.75, 3.05) is 18.0 Å². The van der Waals surface area contributed by atoms with Gasteiger partial charge in [0.15, 0.2) is 5.78 Å². The molecule has 2 aliphatic rings. The Morgan fingerprint density at radius 3 is 1.59 bits per heavy atom. The first-order valence-corrected chi connectivity index (χ1v) is 21.6. The van der Waals surface area contributed by atoms with Gasteiger partial charge in [0.2, 0.25) is 11.4 Å². The number of hydrogen-bond acceptors (Lipinski definition) is 3. The Labute approximate surface area is 327 Å². The number of aliphatic hydroxyl groups is 1. The Hall–Kier alpha value is -4.18. The zero-order valence-electron chi connectivity index (χ0n) is 33.4. The molecule has 5 rings (SSSR count). The number of allylic oxidation sites excluding steroid dienone is 6. The summed E-state index contributed by atoms with van der Waals surface area (Å²) in [6.45, 7) is 6.46. The number of ketones is 1. The summed E-state index contributed by atoms with van der Waals surface area (Å²) in [6.07, 6.45) is 32.0. The van der Waals surface area contributed by atoms with Gasteiger partial charge in [0.05, 0.1) is 11.5 Å². The van der Waals surface area contributed by atoms with Gasteiger partial charge in [-0.3, -0.25) is 4.79 Å². The number of aliphatic hydroxyl groups excluding tert-OH is 1. The van der Waals surface area contributed by atoms with E-state index in [-0.39, 0.29) is 17.5 Å². The molecule has 0 aliphatic heterocycles. The predicted octanol–water partition coefficient (Wildman–Crippen LogP) is 13.9. The Kier molecular flexibility index (Phi) is 17.4. The smallest absolute Gasteiger partial charge is 0.205 e. The van der Waals surface area contributed by atoms with Crippen LogP contribution in [0.3, 0.4) is 0 Å². The van der Waals surface area contributed by atoms with Gasteiger partial charge in [0.1, 0.15) is 12.3 Å². The molecular formula is C50H67N2O2+. The first-order chi connectivity index (χ1) is 26.6. The lowest BCUT2D eigenvalue weighted by atomic mass is 9.71. The number of hydrogen-bond donors (Lipinski definition) is 1. The van der Waals surface area contributed by atoms with Gasteiger partial charge < -0.3 is 10.0 Å². The van der Waals surface area contributed by atoms with Crippen LogP contribution in [0.4, 0.5) is 17.1 Å². The van der Waals surface area contributed by atoms with Crippen molar-refractivity contribution in [1.82, 2.24) is 0 Å². The Morgan fingerprint density at radius 2 is 1.06 bits per heavy atom. The minimum atomic E-state index is -0.524. The van der Waals surface area contributed by atoms with Crippen LogP contribution in [0.2, 0.25) is 0 Å². The fourth-order valence-corrected chi connectivity index (χ4v) is 8.07. The molecule has 0 aromatic heterocycles. The Morgan fingerprint density at radius 1 is 0.574 bits per heavy atom. The van der Waals surface area contributed by atoms with Crippen molar-refractivity contribution in [3.8, 4) is 0 Å². The largest absolute Gasteiger partial charge is 0.511 e. The molecule has 1 atom stereocenters. The van der Waals surface area contributed by atoms with E-state index in [1.807, 2.05) is 12.1 Å². The molecule has 0 saturated heterocycles. The van der Waals surface area contributed by atoms with E-state index in [4.69, 9.17) is 0 Å². The van der Waals surface area contributed by atoms with Crippen molar-refractivity contribution in [2.45, 2.75) is 129 Å². The molecule has 0 amide bonds. The number of para-hydroxylation sites is 2. The molecule has 2 aliphatic carbocycles. The minimum absolute atomic E-state index is 0.0206. The molecule has 4 nitrogen and oxygen atoms in total. The van der Waals surface area contributed by atoms with Crippen molar-refractivity contribution in [3.05, 3.63) is 121 Å². The molecule has 0 saturated carbocycles. The monoisotopic (exact) mass is 728 g/mol. The lowest BCUT2D eigenvalue weighted by molar-refractivity contribution is -0.439. The number of carbonyl (C=O) groups is 1. The van der Waals surface area contributed by atoms with Crippen LogP contribution < -0.4 is 4.90 Å². The van der Waals surface area contributed by atoms with E-state index in [0.29, 0.717) is 5.57 Å². The van der Waals surface area contributed by atoms with Crippen LogP contribution in [0.5, 0.6) is 0 Å². The fraction of sp³-hybridized carbons (Fsp3) is 0.480. The van der Waals surface area contributed by atoms with Gasteiger partial charge in [-0.15, -0.1) is 0 Å². The van der Waals surface area contributed by atoms with Crippen molar-refractivity contribution < 1.29 is 14.5 Å². The van der Waals surface area contributed by atoms with Gasteiger partial charge in [0, 0.05) is 54.5 Å². The van der Waals surface area contributed by atoms with E-state index in [0.717, 1.165) is 42.9 Å². The highest BCUT2D eigenvalue weighted by Crippen LogP contribution is 2.43. The average molecular weight is 728 g/mol. The molecule has 54 heavy (non-hydrogen) atoms. The van der Waals surface area contributed by atoms with Crippen molar-refractivity contribution in [1.29, 1.82) is 0 Å². The molecule has 1 unspecified atom stereocenters. The topological polar surface area (TPSA) is 43.5 Å². The van der Waals surface area contributed by atoms with Gasteiger partial charge in [-0.1, -0.05) is 171 Å². The summed E-state index contributed by atoms with van der Waals surface area (Å²) in [4.78, 5) is 16.0. The summed E-state index contributed by atoms with van der Waals surface area (Å²) in [5, 5.41) is 11.3. The summed E-state index contributed by atoms with van der Waals surface area (Å²) < 4.78 is 2.39. The Balaban J connectivity index is 1.18. The molecule has 0 heterocycles. The second-order valence-corrected chi connectivity index (χ2v) is 15.5. The second kappa shape index (κ2) is 22.9. The second-order valence-electron chi connectivity index (χ2n) is 15.5. The van der Waals surface area contributed by atoms with Gasteiger partial charge >= 0.3 is 0 Å². The summed E-state index contributed by atoms with van der Waals surface area (Å²) >= 11 is 0. The van der Waals surface area contributed by atoms with Crippen LogP contribution in [0.25, 0.3) is 5.57 Å². The highest BCUT2D eigenvalue weighted by molar-refractivity contribution is 6.30. The summed E-state index contributed by atoms with van der Waals surface area (Å²) in [6, 6.07) is 29.4. The van der Waals surface area contributed by atoms with E-state index in [1.165, 1.54) is 114 Å². The van der Waals surface area contributed by atoms with Gasteiger partial charge in [-0.25, -0.2) is 0 Å². The molecule has 0 radical (unpaired) electrons. The number of anilines is 2. The third-order valence-electron chi connectivity index (χ3n) is 11.3. The SMILES string of the molecule is CCCCCCCCCCCN(c1ccccc1)c1ccc(C2=C(O)C(C3C=CC(=[N+](CCCCCCCCCCC)c4ccccc4)C=C3)C2=O)cc1. The van der Waals surface area contributed by atoms with E-state index in [9.17, 15) is 9.90 Å². The first-order valence-electron chi connectivity index (χ1n) is 21.6. The van der Waals surface area contributed by atoms with Gasteiger partial charge in [-0.05, 0) is 42.7 Å². The molecule has 288 valence electrons. The maximum absolute atomic E-state index is 13.6. The van der Waals surface area contributed by atoms with E-state index in [2.05, 4.69) is 120 Å². The van der Waals surface area contributed by atoms with Crippen molar-refractivity contribution in [2.24, 2.45) is 11.8 Å². The summed E-state index contributed by atoms with van der Waals surface area (Å²) in [7, 11) is 0. The molecule has 1 N–H and O–H groups in total. The van der Waals surface area contributed by atoms with Crippen LogP contribution in [-0.2, 0) is 4.79 Å². The van der Waals surface area contributed by atoms with E-state index >= 15 is 0 Å². The number of Topliss-reactive ketones (excluding diaryl/α,β-unsaturated/α-hetero) is 1. The van der Waals surface area contributed by atoms with Crippen LogP contribution in [0.15, 0.2) is 115 Å². The van der Waals surface area contributed by atoms with Crippen molar-refractivity contribution in [3.63, 3.8) is 0 Å². The highest BCUT2D eigenvalue weighted by atomic mass is 16.3. The van der Waals surface area contributed by atoms with Crippen molar-refractivity contribution >= 4 is 34.1 Å². The number of rotatable bonds is 25. The molecule has 0 spiro atoms. The van der Waals surface area contributed by atoms with Crippen LogP contribution >= 0.6 is 0 Å². The molecule has 3 aromatic rings. The van der Waals surface area contributed by atoms with Crippen LogP contribution in [0.1, 0.15) is 135 Å². The molecule has 4 heteroatoms. The summed E-state index contributed by atoms with van der Waals surface area (Å²) in [5.74, 6) is -0.449. The lowest BCUT2D eigenvalue weighted by Gasteiger charge is -2.32. The van der Waals surface area contributed by atoms with Crippen LogP contribution in [0, 0.1) is 11.8 Å². The van der Waals surface area contributed by atoms with E-state index in [1.54, 1.807) is 0 Å². The molecular weight excluding hydrogens is 661 g/mol. The molecule has 0 fully saturated rings. The predicted molar refractivity (Wildman–Crippen MR) is 230 cm³/mol. The minimum Gasteiger partial charge on any atom is -0.511 e. The number of carbonyl (C=O) groups excluding carboxylic acids is 1. The van der Waals surface area contributed by atoms with E-state index < -0.39 is 5.92 Å². The first kappa shape index (κ1) is 41.0. The number of unbranched alkanes of at least 4 members (excludes halogenated alkanes) is 16. The number of benzene rings is 3. The third-order valence-corrected chi connectivity index (χ3v) is 11.3. The highest BCUT2D eigenvalue weighted by Gasteiger charge is 2.44. The standard InChI is InChI=1S/C50H66N2O2/c1-3-5-7-9-11-13-15-17-25-39-51(43-27-21-19-22-28-43)45-35-31-41(32-36-45)47-49(53)48(50(47)54)42-33-37-46(38-34-42)52(44-29-23-20-24-30-44)40-26-18-16-14-12-10-8-6-4-2/h19-24,27-38,41,47H,3-18,25-26,39-40H2,1-2H3/p+1. The summed E-state index contributed by atoms with van der Waals surface area (Å²) in [5.41, 5.74) is 5.86. The normalized spacial score (nSPS) is 16.6. The molecule has 3 aromatic carbocycles. The third kappa shape index (κ3) is 11.9. The van der Waals surface area contributed by atoms with Crippen LogP contribution in [-0.4, -0.2) is 34.3 Å². The average Bonchev–Trinajstić information content (AvgIpc) is 3.21. The van der Waals surface area contributed by atoms with Gasteiger partial charge in [0.25, 0.3) is 0 Å². The zero-order chi connectivity index (χ0) is 37.8. The van der Waals surface area contributed by atoms with Gasteiger partial charge in [-0.2, -0.15) is 4.58 Å². The maximum atomic E-state index is 13.6. The zero-order valence-corrected chi connectivity index (χ0v) is 33.4. The Bertz CT molecular complexity index is 1650. The molecule has 0 bridgehead atoms. The number of nitrogens with zero attached hydrogens (tertiary/aromatic N) is 2. The maximum Gasteiger partial charge on any atom is 0.205 e. The fourth-order valence-electron chi connectivity index (χ4n) is 8.07. The lowest BCUT2D eigenvalue weighted by Crippen LogP contribution is -2.35. The quantitative estimate of drug-likeness (QED) is 0.0698.